The second-order valence-electron chi connectivity index (χ2n) is 29.9. The summed E-state index contributed by atoms with van der Waals surface area (Å²) in [5.41, 5.74) is 29.0. The first-order valence-corrected chi connectivity index (χ1v) is 40.6. The minimum Gasteiger partial charge on any atom is -0.309 e. The van der Waals surface area contributed by atoms with E-state index < -0.39 is 0 Å². The van der Waals surface area contributed by atoms with Crippen LogP contribution in [0.2, 0.25) is 0 Å². The van der Waals surface area contributed by atoms with E-state index in [0.29, 0.717) is 0 Å². The Balaban J connectivity index is 0.000000135. The first kappa shape index (κ1) is 65.5. The van der Waals surface area contributed by atoms with Crippen LogP contribution < -0.4 is 0 Å². The van der Waals surface area contributed by atoms with Gasteiger partial charge in [0.2, 0.25) is 0 Å². The summed E-state index contributed by atoms with van der Waals surface area (Å²) in [5, 5.41) is 15.4. The molecule has 0 aliphatic carbocycles. The highest BCUT2D eigenvalue weighted by Crippen LogP contribution is 2.48. The third-order valence-corrected chi connectivity index (χ3v) is 25.7. The predicted octanol–water partition coefficient (Wildman–Crippen LogP) is 30.5. The van der Waals surface area contributed by atoms with Crippen molar-refractivity contribution in [3.05, 3.63) is 413 Å². The third kappa shape index (κ3) is 10.8. The van der Waals surface area contributed by atoms with Crippen molar-refractivity contribution in [1.82, 2.24) is 18.3 Å². The van der Waals surface area contributed by atoms with Crippen LogP contribution in [-0.4, -0.2) is 18.3 Å². The Morgan fingerprint density at radius 2 is 0.412 bits per heavy atom. The van der Waals surface area contributed by atoms with Gasteiger partial charge in [0.25, 0.3) is 0 Å². The van der Waals surface area contributed by atoms with Gasteiger partial charge in [0.15, 0.2) is 0 Å². The van der Waals surface area contributed by atoms with Crippen molar-refractivity contribution in [2.75, 3.05) is 0 Å². The van der Waals surface area contributed by atoms with Gasteiger partial charge in [0, 0.05) is 106 Å². The lowest BCUT2D eigenvalue weighted by atomic mass is 9.99. The zero-order chi connectivity index (χ0) is 74.9. The summed E-state index contributed by atoms with van der Waals surface area (Å²) in [4.78, 5) is 0. The molecule has 4 nitrogen and oxygen atoms in total. The number of aromatic nitrogens is 4. The van der Waals surface area contributed by atoms with Gasteiger partial charge in [0.1, 0.15) is 0 Å². The fraction of sp³-hybridized carbons (Fsp3) is 0. The Bertz CT molecular complexity index is 7810. The van der Waals surface area contributed by atoms with E-state index in [9.17, 15) is 0 Å². The number of rotatable bonds is 10. The topological polar surface area (TPSA) is 19.7 Å². The summed E-state index contributed by atoms with van der Waals surface area (Å²) in [5.74, 6) is 0. The van der Waals surface area contributed by atoms with Crippen LogP contribution in [0.25, 0.3) is 217 Å². The van der Waals surface area contributed by atoms with Crippen LogP contribution in [0.4, 0.5) is 0 Å². The number of thiophene rings is 2. The fourth-order valence-corrected chi connectivity index (χ4v) is 20.3. The lowest BCUT2D eigenvalue weighted by Gasteiger charge is -2.11. The summed E-state index contributed by atoms with van der Waals surface area (Å²) < 4.78 is 15.0. The Morgan fingerprint density at radius 1 is 0.132 bits per heavy atom. The molecule has 6 aromatic heterocycles. The highest BCUT2D eigenvalue weighted by Gasteiger charge is 2.23. The Kier molecular flexibility index (Phi) is 15.3. The Hall–Kier alpha value is -14.4. The maximum atomic E-state index is 2.45. The number of nitrogens with zero attached hydrogens (tertiary/aromatic N) is 4. The molecule has 0 saturated heterocycles. The summed E-state index contributed by atoms with van der Waals surface area (Å²) in [7, 11) is 0. The van der Waals surface area contributed by atoms with E-state index in [1.54, 1.807) is 0 Å². The first-order chi connectivity index (χ1) is 56.5. The highest BCUT2D eigenvalue weighted by atomic mass is 32.1. The van der Waals surface area contributed by atoms with E-state index in [4.69, 9.17) is 0 Å². The predicted molar refractivity (Wildman–Crippen MR) is 489 cm³/mol. The molecule has 114 heavy (non-hydrogen) atoms. The van der Waals surface area contributed by atoms with Gasteiger partial charge in [-0.3, -0.25) is 0 Å². The number of hydrogen-bond donors (Lipinski definition) is 0. The third-order valence-electron chi connectivity index (χ3n) is 23.5. The van der Waals surface area contributed by atoms with Gasteiger partial charge in [-0.2, -0.15) is 0 Å². The van der Waals surface area contributed by atoms with Crippen molar-refractivity contribution in [3.8, 4) is 89.5 Å². The van der Waals surface area contributed by atoms with Crippen LogP contribution in [0.1, 0.15) is 0 Å². The average molecular weight is 1490 g/mol. The average Bonchev–Trinajstić information content (AvgIpc) is 1.56. The van der Waals surface area contributed by atoms with Gasteiger partial charge >= 0.3 is 0 Å². The maximum Gasteiger partial charge on any atom is 0.0548 e. The van der Waals surface area contributed by atoms with E-state index in [1.807, 2.05) is 22.7 Å². The molecule has 24 aromatic rings. The van der Waals surface area contributed by atoms with Gasteiger partial charge in [0.05, 0.1) is 44.1 Å². The lowest BCUT2D eigenvalue weighted by Crippen LogP contribution is -1.94. The Morgan fingerprint density at radius 3 is 0.842 bits per heavy atom. The van der Waals surface area contributed by atoms with Crippen molar-refractivity contribution in [2.45, 2.75) is 0 Å². The van der Waals surface area contributed by atoms with Crippen molar-refractivity contribution in [3.63, 3.8) is 0 Å². The number of fused-ring (bicyclic) bond motifs is 19. The molecule has 0 N–H and O–H groups in total. The molecule has 0 fully saturated rings. The summed E-state index contributed by atoms with van der Waals surface area (Å²) in [6.45, 7) is 0. The molecule has 0 atom stereocenters. The van der Waals surface area contributed by atoms with Crippen LogP contribution in [0, 0.1) is 0 Å². The quantitative estimate of drug-likeness (QED) is 0.130. The van der Waals surface area contributed by atoms with Crippen molar-refractivity contribution < 1.29 is 0 Å². The second kappa shape index (κ2) is 26.7. The van der Waals surface area contributed by atoms with Gasteiger partial charge in [-0.15, -0.1) is 22.7 Å². The fourth-order valence-electron chi connectivity index (χ4n) is 18.1. The largest absolute Gasteiger partial charge is 0.309 e. The zero-order valence-electron chi connectivity index (χ0n) is 61.9. The zero-order valence-corrected chi connectivity index (χ0v) is 63.5. The van der Waals surface area contributed by atoms with Crippen molar-refractivity contribution in [2.24, 2.45) is 0 Å². The van der Waals surface area contributed by atoms with Gasteiger partial charge in [-0.1, -0.05) is 267 Å². The molecule has 0 amide bonds. The molecule has 0 bridgehead atoms. The monoisotopic (exact) mass is 1480 g/mol. The molecule has 0 aliphatic heterocycles. The van der Waals surface area contributed by atoms with E-state index in [-0.39, 0.29) is 0 Å². The molecule has 18 aromatic carbocycles. The van der Waals surface area contributed by atoms with Crippen LogP contribution in [0.5, 0.6) is 0 Å². The molecule has 24 rings (SSSR count). The molecule has 0 saturated carbocycles. The summed E-state index contributed by atoms with van der Waals surface area (Å²) >= 11 is 3.76. The van der Waals surface area contributed by atoms with E-state index in [1.165, 1.54) is 194 Å². The molecule has 6 heteroatoms. The molecule has 532 valence electrons. The van der Waals surface area contributed by atoms with Gasteiger partial charge < -0.3 is 18.3 Å². The number of benzene rings is 18. The maximum absolute atomic E-state index is 2.45. The van der Waals surface area contributed by atoms with Crippen LogP contribution >= 0.6 is 22.7 Å². The molecule has 0 radical (unpaired) electrons. The lowest BCUT2D eigenvalue weighted by molar-refractivity contribution is 1.18. The standard InChI is InChI=1S/2C54H34N2S/c1-3-11-35(12-4-1)37-19-25-41(26-20-37)55-49-17-9-7-15-43(49)45-31-39(23-29-50(45)55)40-24-30-51-46(32-40)47-34-54-48(44-16-8-10-18-53(44)57-54)33-52(47)56(51)42-27-21-38(22-28-42)36-13-5-2-6-14-36;1-3-11-35(12-4-1)37-19-25-41(26-20-37)55-47-17-9-7-15-43(47)45-33-39(23-29-48(45)55)40-24-30-49-46(34-40)53-50(31-32-52-54(53)44-16-8-10-18-51(44)57-52)56(49)42-27-21-38(22-28-42)36-13-5-2-6-14-36/h2*1-34H. The molecule has 0 aliphatic rings. The minimum atomic E-state index is 1.16. The molecular formula is C108H68N4S2. The first-order valence-electron chi connectivity index (χ1n) is 39.0. The van der Waals surface area contributed by atoms with Crippen LogP contribution in [-0.2, 0) is 0 Å². The minimum absolute atomic E-state index is 1.16. The van der Waals surface area contributed by atoms with Crippen LogP contribution in [0.15, 0.2) is 413 Å². The second-order valence-corrected chi connectivity index (χ2v) is 32.0. The normalized spacial score (nSPS) is 11.9. The molecule has 0 unspecified atom stereocenters. The smallest absolute Gasteiger partial charge is 0.0548 e. The van der Waals surface area contributed by atoms with Crippen LogP contribution in [0.3, 0.4) is 0 Å². The van der Waals surface area contributed by atoms with Crippen molar-refractivity contribution >= 4 is 150 Å². The molecular weight excluding hydrogens is 1420 g/mol. The summed E-state index contributed by atoms with van der Waals surface area (Å²) in [6.07, 6.45) is 0. The SMILES string of the molecule is c1ccc(-c2ccc(-n3c4ccccc4c4cc(-c5ccc6c(c5)c5c7c(ccc5n6-c5ccc(-c6ccccc6)cc5)sc5ccccc57)ccc43)cc2)cc1.c1ccc(-c2ccc(-n3c4ccccc4c4cc(-c5ccc6c(c5)c5cc7sc8ccccc8c7cc5n6-c5ccc(-c6ccccc6)cc5)ccc43)cc2)cc1. The molecule has 0 spiro atoms. The Labute approximate surface area is 665 Å². The highest BCUT2D eigenvalue weighted by molar-refractivity contribution is 7.26. The van der Waals surface area contributed by atoms with Gasteiger partial charge in [-0.25, -0.2) is 0 Å². The summed E-state index contributed by atoms with van der Waals surface area (Å²) in [6, 6.07) is 151. The number of para-hydroxylation sites is 2. The van der Waals surface area contributed by atoms with Crippen molar-refractivity contribution in [1.29, 1.82) is 0 Å². The molecule has 6 heterocycles. The van der Waals surface area contributed by atoms with E-state index >= 15 is 0 Å². The van der Waals surface area contributed by atoms with Gasteiger partial charge in [-0.05, 0) is 212 Å². The van der Waals surface area contributed by atoms with E-state index in [0.717, 1.165) is 22.7 Å². The number of hydrogen-bond acceptors (Lipinski definition) is 2. The van der Waals surface area contributed by atoms with E-state index in [2.05, 4.69) is 431 Å².